The molecule has 0 saturated carbocycles. The summed E-state index contributed by atoms with van der Waals surface area (Å²) in [5.41, 5.74) is 7.55. The molecular weight excluding hydrogens is 314 g/mol. The summed E-state index contributed by atoms with van der Waals surface area (Å²) in [6.07, 6.45) is 3.60. The van der Waals surface area contributed by atoms with E-state index < -0.39 is 0 Å². The van der Waals surface area contributed by atoms with Gasteiger partial charge in [-0.1, -0.05) is 6.07 Å². The maximum Gasteiger partial charge on any atom is 0.132 e. The van der Waals surface area contributed by atoms with Crippen molar-refractivity contribution in [3.8, 4) is 22.8 Å². The molecule has 1 fully saturated rings. The highest BCUT2D eigenvalue weighted by Crippen LogP contribution is 2.33. The van der Waals surface area contributed by atoms with Crippen molar-refractivity contribution in [2.45, 2.75) is 45.3 Å². The van der Waals surface area contributed by atoms with Gasteiger partial charge in [0, 0.05) is 17.7 Å². The molecule has 1 unspecified atom stereocenters. The molecule has 0 amide bonds. The van der Waals surface area contributed by atoms with Gasteiger partial charge in [0.15, 0.2) is 0 Å². The van der Waals surface area contributed by atoms with E-state index in [-0.39, 0.29) is 6.10 Å². The van der Waals surface area contributed by atoms with E-state index in [9.17, 15) is 0 Å². The molecule has 0 bridgehead atoms. The van der Waals surface area contributed by atoms with E-state index in [4.69, 9.17) is 15.2 Å². The van der Waals surface area contributed by atoms with Crippen LogP contribution >= 0.6 is 0 Å². The zero-order chi connectivity index (χ0) is 17.6. The number of nitrogens with one attached hydrogen (secondary N) is 1. The number of nitrogens with zero attached hydrogens (tertiary/aromatic N) is 1. The molecule has 1 aromatic carbocycles. The van der Waals surface area contributed by atoms with Gasteiger partial charge in [-0.05, 0) is 63.9 Å². The van der Waals surface area contributed by atoms with Gasteiger partial charge in [0.25, 0.3) is 0 Å². The van der Waals surface area contributed by atoms with Crippen molar-refractivity contribution in [1.82, 2.24) is 10.3 Å². The molecule has 3 rings (SSSR count). The molecule has 2 heterocycles. The molecule has 25 heavy (non-hydrogen) atoms. The lowest BCUT2D eigenvalue weighted by Crippen LogP contribution is -2.23. The van der Waals surface area contributed by atoms with E-state index in [1.165, 1.54) is 12.8 Å². The molecule has 2 aromatic rings. The molecule has 0 spiro atoms. The summed E-state index contributed by atoms with van der Waals surface area (Å²) in [6.45, 7) is 5.85. The Morgan fingerprint density at radius 3 is 2.88 bits per heavy atom. The average Bonchev–Trinajstić information content (AvgIpc) is 3.08. The predicted molar refractivity (Wildman–Crippen MR) is 101 cm³/mol. The highest BCUT2D eigenvalue weighted by Gasteiger charge is 2.15. The largest absolute Gasteiger partial charge is 0.493 e. The van der Waals surface area contributed by atoms with Crippen LogP contribution in [-0.2, 0) is 0 Å². The smallest absolute Gasteiger partial charge is 0.132 e. The highest BCUT2D eigenvalue weighted by atomic mass is 16.5. The lowest BCUT2D eigenvalue weighted by atomic mass is 10.1. The summed E-state index contributed by atoms with van der Waals surface area (Å²) >= 11 is 0. The third-order valence-corrected chi connectivity index (χ3v) is 4.26. The van der Waals surface area contributed by atoms with Crippen LogP contribution in [0.5, 0.6) is 11.5 Å². The maximum absolute atomic E-state index is 5.99. The number of aromatic nitrogens is 1. The number of rotatable bonds is 7. The van der Waals surface area contributed by atoms with Gasteiger partial charge in [0.1, 0.15) is 17.3 Å². The minimum Gasteiger partial charge on any atom is -0.493 e. The van der Waals surface area contributed by atoms with Gasteiger partial charge in [-0.2, -0.15) is 0 Å². The predicted octanol–water partition coefficient (Wildman–Crippen LogP) is 3.64. The number of nitrogens with two attached hydrogens (primary N) is 1. The van der Waals surface area contributed by atoms with E-state index >= 15 is 0 Å². The quantitative estimate of drug-likeness (QED) is 0.805. The van der Waals surface area contributed by atoms with Crippen molar-refractivity contribution in [3.05, 3.63) is 36.4 Å². The van der Waals surface area contributed by atoms with Crippen molar-refractivity contribution in [2.75, 3.05) is 18.9 Å². The maximum atomic E-state index is 5.99. The molecule has 1 aliphatic rings. The van der Waals surface area contributed by atoms with Crippen LogP contribution in [0, 0.1) is 0 Å². The number of benzene rings is 1. The van der Waals surface area contributed by atoms with Crippen molar-refractivity contribution in [3.63, 3.8) is 0 Å². The fourth-order valence-corrected chi connectivity index (χ4v) is 3.08. The molecule has 1 saturated heterocycles. The minimum atomic E-state index is 0.0674. The Labute approximate surface area is 149 Å². The Hall–Kier alpha value is -2.27. The van der Waals surface area contributed by atoms with Crippen LogP contribution in [0.3, 0.4) is 0 Å². The monoisotopic (exact) mass is 341 g/mol. The molecule has 5 heteroatoms. The van der Waals surface area contributed by atoms with Crippen LogP contribution in [0.4, 0.5) is 5.82 Å². The first kappa shape index (κ1) is 17.5. The van der Waals surface area contributed by atoms with Crippen molar-refractivity contribution in [2.24, 2.45) is 0 Å². The molecule has 3 N–H and O–H groups in total. The fourth-order valence-electron chi connectivity index (χ4n) is 3.08. The number of ether oxygens (including phenoxy) is 2. The van der Waals surface area contributed by atoms with Gasteiger partial charge in [-0.15, -0.1) is 0 Å². The summed E-state index contributed by atoms with van der Waals surface area (Å²) in [5, 5.41) is 3.49. The van der Waals surface area contributed by atoms with Gasteiger partial charge in [-0.3, -0.25) is 0 Å². The Morgan fingerprint density at radius 2 is 2.16 bits per heavy atom. The van der Waals surface area contributed by atoms with Gasteiger partial charge in [0.05, 0.1) is 18.4 Å². The van der Waals surface area contributed by atoms with Crippen LogP contribution in [0.15, 0.2) is 36.4 Å². The fraction of sp³-hybridized carbons (Fsp3) is 0.450. The third-order valence-electron chi connectivity index (χ3n) is 4.26. The zero-order valence-corrected chi connectivity index (χ0v) is 15.0. The Balaban J connectivity index is 1.74. The molecular formula is C20H27N3O2. The lowest BCUT2D eigenvalue weighted by molar-refractivity contribution is 0.240. The van der Waals surface area contributed by atoms with Gasteiger partial charge in [0.2, 0.25) is 0 Å². The third kappa shape index (κ3) is 4.86. The lowest BCUT2D eigenvalue weighted by Gasteiger charge is -2.17. The highest BCUT2D eigenvalue weighted by molar-refractivity contribution is 5.69. The van der Waals surface area contributed by atoms with E-state index in [0.717, 1.165) is 35.7 Å². The summed E-state index contributed by atoms with van der Waals surface area (Å²) in [4.78, 5) is 4.40. The minimum absolute atomic E-state index is 0.0674. The van der Waals surface area contributed by atoms with Crippen LogP contribution < -0.4 is 20.5 Å². The normalized spacial score (nSPS) is 17.0. The molecule has 134 valence electrons. The number of hydrogen-bond donors (Lipinski definition) is 2. The van der Waals surface area contributed by atoms with Crippen molar-refractivity contribution < 1.29 is 9.47 Å². The second-order valence-electron chi connectivity index (χ2n) is 6.70. The topological polar surface area (TPSA) is 69.4 Å². The standard InChI is InChI=1S/C20H27N3O2/c1-14(2)25-19-13-16(24-12-10-15-5-4-11-22-15)8-9-17(19)18-6-3-7-20(21)23-18/h3,6-9,13-15,22H,4-5,10-12H2,1-2H3,(H2,21,23). The molecule has 1 atom stereocenters. The number of hydrogen-bond acceptors (Lipinski definition) is 5. The summed E-state index contributed by atoms with van der Waals surface area (Å²) in [7, 11) is 0. The first-order chi connectivity index (χ1) is 12.1. The number of pyridine rings is 1. The van der Waals surface area contributed by atoms with Crippen LogP contribution in [-0.4, -0.2) is 30.3 Å². The summed E-state index contributed by atoms with van der Waals surface area (Å²) in [6, 6.07) is 12.1. The molecule has 0 radical (unpaired) electrons. The second kappa shape index (κ2) is 8.21. The van der Waals surface area contributed by atoms with Crippen molar-refractivity contribution >= 4 is 5.82 Å². The van der Waals surface area contributed by atoms with Gasteiger partial charge >= 0.3 is 0 Å². The van der Waals surface area contributed by atoms with Gasteiger partial charge < -0.3 is 20.5 Å². The Bertz CT molecular complexity index is 697. The second-order valence-corrected chi connectivity index (χ2v) is 6.70. The van der Waals surface area contributed by atoms with Crippen LogP contribution in [0.25, 0.3) is 11.3 Å². The Morgan fingerprint density at radius 1 is 1.28 bits per heavy atom. The van der Waals surface area contributed by atoms with Gasteiger partial charge in [-0.25, -0.2) is 4.98 Å². The number of anilines is 1. The molecule has 1 aliphatic heterocycles. The van der Waals surface area contributed by atoms with Crippen LogP contribution in [0.1, 0.15) is 33.1 Å². The molecule has 1 aromatic heterocycles. The first-order valence-electron chi connectivity index (χ1n) is 9.01. The van der Waals surface area contributed by atoms with E-state index in [0.29, 0.717) is 18.5 Å². The van der Waals surface area contributed by atoms with Crippen LogP contribution in [0.2, 0.25) is 0 Å². The zero-order valence-electron chi connectivity index (χ0n) is 15.0. The summed E-state index contributed by atoms with van der Waals surface area (Å²) < 4.78 is 11.9. The molecule has 0 aliphatic carbocycles. The number of nitrogen functional groups attached to an aromatic ring is 1. The van der Waals surface area contributed by atoms with E-state index in [1.807, 2.05) is 44.2 Å². The SMILES string of the molecule is CC(C)Oc1cc(OCCC2CCCN2)ccc1-c1cccc(N)n1. The Kier molecular flexibility index (Phi) is 5.76. The van der Waals surface area contributed by atoms with Crippen molar-refractivity contribution in [1.29, 1.82) is 0 Å². The average molecular weight is 341 g/mol. The first-order valence-corrected chi connectivity index (χ1v) is 9.01. The van der Waals surface area contributed by atoms with E-state index in [2.05, 4.69) is 10.3 Å². The molecule has 5 nitrogen and oxygen atoms in total. The van der Waals surface area contributed by atoms with E-state index in [1.54, 1.807) is 6.07 Å². The summed E-state index contributed by atoms with van der Waals surface area (Å²) in [5.74, 6) is 2.09.